The van der Waals surface area contributed by atoms with E-state index in [1.54, 1.807) is 35.6 Å². The van der Waals surface area contributed by atoms with E-state index in [9.17, 15) is 9.59 Å². The van der Waals surface area contributed by atoms with Crippen LogP contribution in [0.15, 0.2) is 41.8 Å². The minimum Gasteiger partial charge on any atom is -0.484 e. The van der Waals surface area contributed by atoms with Crippen LogP contribution in [0.25, 0.3) is 0 Å². The Morgan fingerprint density at radius 1 is 1.22 bits per heavy atom. The quantitative estimate of drug-likeness (QED) is 0.754. The fraction of sp³-hybridized carbons (Fsp3) is 0.333. The summed E-state index contributed by atoms with van der Waals surface area (Å²) in [6.45, 7) is 3.77. The standard InChI is InChI=1S/C18H21NO3S/c1-3-17(20)14-6-8-15(9-7-14)22-12-18(21)19-13(2)11-16-5-4-10-23-16/h4-10,13H,3,11-12H2,1-2H3,(H,19,21). The van der Waals surface area contributed by atoms with E-state index in [2.05, 4.69) is 11.4 Å². The van der Waals surface area contributed by atoms with Crippen molar-refractivity contribution in [2.24, 2.45) is 0 Å². The summed E-state index contributed by atoms with van der Waals surface area (Å²) in [6, 6.07) is 11.0. The first-order valence-corrected chi connectivity index (χ1v) is 8.54. The molecule has 0 aliphatic rings. The lowest BCUT2D eigenvalue weighted by Crippen LogP contribution is -2.37. The number of hydrogen-bond acceptors (Lipinski definition) is 4. The molecule has 0 aliphatic heterocycles. The maximum Gasteiger partial charge on any atom is 0.258 e. The van der Waals surface area contributed by atoms with Crippen molar-refractivity contribution < 1.29 is 14.3 Å². The van der Waals surface area contributed by atoms with Gasteiger partial charge in [0.25, 0.3) is 5.91 Å². The zero-order valence-electron chi connectivity index (χ0n) is 13.4. The Balaban J connectivity index is 1.76. The fourth-order valence-electron chi connectivity index (χ4n) is 2.19. The van der Waals surface area contributed by atoms with E-state index in [0.29, 0.717) is 17.7 Å². The average molecular weight is 331 g/mol. The second-order valence-electron chi connectivity index (χ2n) is 5.34. The lowest BCUT2D eigenvalue weighted by atomic mass is 10.1. The van der Waals surface area contributed by atoms with Gasteiger partial charge in [0.05, 0.1) is 0 Å². The molecule has 4 nitrogen and oxygen atoms in total. The van der Waals surface area contributed by atoms with Crippen molar-refractivity contribution in [2.45, 2.75) is 32.7 Å². The highest BCUT2D eigenvalue weighted by atomic mass is 32.1. The third kappa shape index (κ3) is 5.53. The Kier molecular flexibility index (Phi) is 6.35. The number of thiophene rings is 1. The molecule has 1 N–H and O–H groups in total. The Labute approximate surface area is 140 Å². The van der Waals surface area contributed by atoms with E-state index in [-0.39, 0.29) is 24.3 Å². The zero-order chi connectivity index (χ0) is 16.7. The second-order valence-corrected chi connectivity index (χ2v) is 6.37. The van der Waals surface area contributed by atoms with Gasteiger partial charge in [-0.05, 0) is 42.6 Å². The highest BCUT2D eigenvalue weighted by molar-refractivity contribution is 7.09. The van der Waals surface area contributed by atoms with Crippen LogP contribution < -0.4 is 10.1 Å². The molecule has 1 amide bonds. The van der Waals surface area contributed by atoms with Crippen LogP contribution in [0, 0.1) is 0 Å². The molecule has 1 aromatic carbocycles. The number of nitrogens with one attached hydrogen (secondary N) is 1. The van der Waals surface area contributed by atoms with Gasteiger partial charge in [0.1, 0.15) is 5.75 Å². The van der Waals surface area contributed by atoms with Gasteiger partial charge in [0.15, 0.2) is 12.4 Å². The molecule has 1 aromatic heterocycles. The molecular weight excluding hydrogens is 310 g/mol. The van der Waals surface area contributed by atoms with Crippen LogP contribution in [0.2, 0.25) is 0 Å². The monoisotopic (exact) mass is 331 g/mol. The number of rotatable bonds is 8. The van der Waals surface area contributed by atoms with Gasteiger partial charge < -0.3 is 10.1 Å². The Morgan fingerprint density at radius 2 is 1.96 bits per heavy atom. The third-order valence-corrected chi connectivity index (χ3v) is 4.26. The highest BCUT2D eigenvalue weighted by Crippen LogP contribution is 2.14. The van der Waals surface area contributed by atoms with Crippen molar-refractivity contribution in [3.63, 3.8) is 0 Å². The highest BCUT2D eigenvalue weighted by Gasteiger charge is 2.10. The molecule has 0 saturated carbocycles. The average Bonchev–Trinajstić information content (AvgIpc) is 3.05. The second kappa shape index (κ2) is 8.48. The van der Waals surface area contributed by atoms with Gasteiger partial charge in [-0.1, -0.05) is 13.0 Å². The first-order chi connectivity index (χ1) is 11.1. The van der Waals surface area contributed by atoms with E-state index in [1.165, 1.54) is 4.88 Å². The Morgan fingerprint density at radius 3 is 2.57 bits per heavy atom. The van der Waals surface area contributed by atoms with Gasteiger partial charge in [-0.15, -0.1) is 11.3 Å². The number of ketones is 1. The van der Waals surface area contributed by atoms with E-state index in [1.807, 2.05) is 25.3 Å². The van der Waals surface area contributed by atoms with Crippen molar-refractivity contribution in [1.29, 1.82) is 0 Å². The predicted octanol–water partition coefficient (Wildman–Crippen LogP) is 3.47. The molecule has 1 unspecified atom stereocenters. The van der Waals surface area contributed by atoms with Crippen molar-refractivity contribution in [1.82, 2.24) is 5.32 Å². The van der Waals surface area contributed by atoms with Gasteiger partial charge in [0.2, 0.25) is 0 Å². The van der Waals surface area contributed by atoms with Crippen LogP contribution in [0.1, 0.15) is 35.5 Å². The summed E-state index contributed by atoms with van der Waals surface area (Å²) in [7, 11) is 0. The SMILES string of the molecule is CCC(=O)c1ccc(OCC(=O)NC(C)Cc2cccs2)cc1. The van der Waals surface area contributed by atoms with E-state index in [4.69, 9.17) is 4.74 Å². The minimum atomic E-state index is -0.150. The molecule has 0 radical (unpaired) electrons. The van der Waals surface area contributed by atoms with Crippen LogP contribution >= 0.6 is 11.3 Å². The molecule has 122 valence electrons. The van der Waals surface area contributed by atoms with Crippen LogP contribution in [0.4, 0.5) is 0 Å². The van der Waals surface area contributed by atoms with Crippen molar-refractivity contribution in [3.8, 4) is 5.75 Å². The van der Waals surface area contributed by atoms with Crippen molar-refractivity contribution in [3.05, 3.63) is 52.2 Å². The van der Waals surface area contributed by atoms with E-state index in [0.717, 1.165) is 6.42 Å². The van der Waals surface area contributed by atoms with Gasteiger partial charge in [-0.25, -0.2) is 0 Å². The minimum absolute atomic E-state index is 0.0319. The molecule has 2 aromatic rings. The molecule has 1 atom stereocenters. The van der Waals surface area contributed by atoms with Gasteiger partial charge in [0, 0.05) is 29.3 Å². The molecule has 23 heavy (non-hydrogen) atoms. The molecule has 1 heterocycles. The first kappa shape index (κ1) is 17.2. The summed E-state index contributed by atoms with van der Waals surface area (Å²) in [6.07, 6.45) is 1.29. The summed E-state index contributed by atoms with van der Waals surface area (Å²) in [5.41, 5.74) is 0.661. The van der Waals surface area contributed by atoms with Crippen molar-refractivity contribution >= 4 is 23.0 Å². The molecule has 0 spiro atoms. The van der Waals surface area contributed by atoms with E-state index < -0.39 is 0 Å². The Hall–Kier alpha value is -2.14. The Bertz CT molecular complexity index is 635. The number of hydrogen-bond donors (Lipinski definition) is 1. The van der Waals surface area contributed by atoms with Crippen LogP contribution in [-0.2, 0) is 11.2 Å². The molecule has 0 saturated heterocycles. The number of benzene rings is 1. The van der Waals surface area contributed by atoms with Gasteiger partial charge in [-0.2, -0.15) is 0 Å². The number of amides is 1. The summed E-state index contributed by atoms with van der Waals surface area (Å²) in [4.78, 5) is 24.7. The number of carbonyl (C=O) groups excluding carboxylic acids is 2. The summed E-state index contributed by atoms with van der Waals surface area (Å²) < 4.78 is 5.45. The van der Waals surface area contributed by atoms with Crippen LogP contribution in [0.3, 0.4) is 0 Å². The van der Waals surface area contributed by atoms with E-state index >= 15 is 0 Å². The molecular formula is C18H21NO3S. The van der Waals surface area contributed by atoms with Crippen LogP contribution in [-0.4, -0.2) is 24.3 Å². The zero-order valence-corrected chi connectivity index (χ0v) is 14.2. The summed E-state index contributed by atoms with van der Waals surface area (Å²) in [5.74, 6) is 0.526. The largest absolute Gasteiger partial charge is 0.484 e. The number of carbonyl (C=O) groups is 2. The summed E-state index contributed by atoms with van der Waals surface area (Å²) in [5, 5.41) is 4.94. The smallest absolute Gasteiger partial charge is 0.258 e. The number of Topliss-reactive ketones (excluding diaryl/α,β-unsaturated/α-hetero) is 1. The van der Waals surface area contributed by atoms with Crippen molar-refractivity contribution in [2.75, 3.05) is 6.61 Å². The lowest BCUT2D eigenvalue weighted by molar-refractivity contribution is -0.123. The fourth-order valence-corrected chi connectivity index (χ4v) is 3.02. The van der Waals surface area contributed by atoms with Gasteiger partial charge >= 0.3 is 0 Å². The summed E-state index contributed by atoms with van der Waals surface area (Å²) >= 11 is 1.68. The van der Waals surface area contributed by atoms with Crippen LogP contribution in [0.5, 0.6) is 5.75 Å². The third-order valence-electron chi connectivity index (χ3n) is 3.36. The predicted molar refractivity (Wildman–Crippen MR) is 92.2 cm³/mol. The molecule has 0 fully saturated rings. The van der Waals surface area contributed by atoms with Gasteiger partial charge in [-0.3, -0.25) is 9.59 Å². The lowest BCUT2D eigenvalue weighted by Gasteiger charge is -2.13. The molecule has 5 heteroatoms. The topological polar surface area (TPSA) is 55.4 Å². The molecule has 2 rings (SSSR count). The maximum atomic E-state index is 11.9. The molecule has 0 bridgehead atoms. The normalized spacial score (nSPS) is 11.7. The number of ether oxygens (including phenoxy) is 1. The molecule has 0 aliphatic carbocycles. The maximum absolute atomic E-state index is 11.9. The first-order valence-electron chi connectivity index (χ1n) is 7.66.